The monoisotopic (exact) mass is 297 g/mol. The third kappa shape index (κ3) is 3.23. The maximum Gasteiger partial charge on any atom is 0.124 e. The molecular formula is C14H20BrNO. The predicted octanol–water partition coefficient (Wildman–Crippen LogP) is 4.05. The third-order valence-corrected chi connectivity index (χ3v) is 3.79. The summed E-state index contributed by atoms with van der Waals surface area (Å²) in [4.78, 5) is 0. The van der Waals surface area contributed by atoms with Gasteiger partial charge in [-0.15, -0.1) is 0 Å². The molecule has 1 unspecified atom stereocenters. The first-order chi connectivity index (χ1) is 8.20. The molecule has 1 aromatic carbocycles. The minimum atomic E-state index is 0.326. The Morgan fingerprint density at radius 1 is 1.47 bits per heavy atom. The average Bonchev–Trinajstić information content (AvgIpc) is 2.25. The van der Waals surface area contributed by atoms with Crippen LogP contribution in [0.4, 0.5) is 0 Å². The highest BCUT2D eigenvalue weighted by molar-refractivity contribution is 9.10. The molecule has 1 atom stereocenters. The summed E-state index contributed by atoms with van der Waals surface area (Å²) in [5.74, 6) is 1.03. The molecule has 2 rings (SSSR count). The first-order valence-corrected chi connectivity index (χ1v) is 7.19. The van der Waals surface area contributed by atoms with Crippen molar-refractivity contribution in [2.75, 3.05) is 6.54 Å². The largest absolute Gasteiger partial charge is 0.490 e. The number of hydrogen-bond acceptors (Lipinski definition) is 2. The normalized spacial score (nSPS) is 17.6. The molecule has 0 aromatic heterocycles. The van der Waals surface area contributed by atoms with E-state index in [0.717, 1.165) is 16.8 Å². The Morgan fingerprint density at radius 3 is 2.82 bits per heavy atom. The number of rotatable bonds is 5. The van der Waals surface area contributed by atoms with Crippen LogP contribution in [0.2, 0.25) is 0 Å². The lowest BCUT2D eigenvalue weighted by molar-refractivity contribution is 0.118. The molecule has 0 heterocycles. The van der Waals surface area contributed by atoms with Crippen LogP contribution in [0, 0.1) is 0 Å². The average molecular weight is 298 g/mol. The minimum Gasteiger partial charge on any atom is -0.490 e. The SMILES string of the molecule is CCNC(C)c1cc(Br)ccc1OC1CCC1. The Bertz CT molecular complexity index is 376. The molecule has 17 heavy (non-hydrogen) atoms. The van der Waals surface area contributed by atoms with E-state index in [1.165, 1.54) is 24.8 Å². The molecule has 0 radical (unpaired) electrons. The standard InChI is InChI=1S/C14H20BrNO/c1-3-16-10(2)13-9-11(15)7-8-14(13)17-12-5-4-6-12/h7-10,12,16H,3-6H2,1-2H3. The van der Waals surface area contributed by atoms with Crippen LogP contribution >= 0.6 is 15.9 Å². The van der Waals surface area contributed by atoms with Crippen LogP contribution in [-0.2, 0) is 0 Å². The van der Waals surface area contributed by atoms with Gasteiger partial charge in [0.05, 0.1) is 6.10 Å². The highest BCUT2D eigenvalue weighted by Crippen LogP contribution is 2.32. The van der Waals surface area contributed by atoms with Gasteiger partial charge in [0.15, 0.2) is 0 Å². The van der Waals surface area contributed by atoms with Crippen molar-refractivity contribution in [3.8, 4) is 5.75 Å². The minimum absolute atomic E-state index is 0.326. The zero-order chi connectivity index (χ0) is 12.3. The van der Waals surface area contributed by atoms with Gasteiger partial charge in [-0.05, 0) is 50.9 Å². The van der Waals surface area contributed by atoms with E-state index in [1.54, 1.807) is 0 Å². The molecular weight excluding hydrogens is 278 g/mol. The zero-order valence-corrected chi connectivity index (χ0v) is 12.1. The van der Waals surface area contributed by atoms with E-state index >= 15 is 0 Å². The van der Waals surface area contributed by atoms with Crippen molar-refractivity contribution in [3.63, 3.8) is 0 Å². The summed E-state index contributed by atoms with van der Waals surface area (Å²) in [7, 11) is 0. The molecule has 1 aliphatic rings. The van der Waals surface area contributed by atoms with Gasteiger partial charge in [0.2, 0.25) is 0 Å². The lowest BCUT2D eigenvalue weighted by Crippen LogP contribution is -2.26. The van der Waals surface area contributed by atoms with Crippen LogP contribution in [0.1, 0.15) is 44.7 Å². The Labute approximate surface area is 112 Å². The van der Waals surface area contributed by atoms with Crippen LogP contribution in [0.25, 0.3) is 0 Å². The molecule has 0 saturated heterocycles. The quantitative estimate of drug-likeness (QED) is 0.885. The maximum absolute atomic E-state index is 6.04. The summed E-state index contributed by atoms with van der Waals surface area (Å²) >= 11 is 3.53. The second-order valence-corrected chi connectivity index (χ2v) is 5.55. The van der Waals surface area contributed by atoms with Gasteiger partial charge in [0, 0.05) is 16.1 Å². The van der Waals surface area contributed by atoms with Gasteiger partial charge in [-0.2, -0.15) is 0 Å². The summed E-state index contributed by atoms with van der Waals surface area (Å²) in [6.07, 6.45) is 4.14. The van der Waals surface area contributed by atoms with Crippen molar-refractivity contribution < 1.29 is 4.74 Å². The molecule has 1 N–H and O–H groups in total. The van der Waals surface area contributed by atoms with Crippen molar-refractivity contribution >= 4 is 15.9 Å². The molecule has 0 aliphatic heterocycles. The van der Waals surface area contributed by atoms with Gasteiger partial charge in [-0.25, -0.2) is 0 Å². The van der Waals surface area contributed by atoms with Crippen LogP contribution < -0.4 is 10.1 Å². The summed E-state index contributed by atoms with van der Waals surface area (Å²) in [5, 5.41) is 3.44. The van der Waals surface area contributed by atoms with E-state index in [1.807, 2.05) is 0 Å². The van der Waals surface area contributed by atoms with Crippen molar-refractivity contribution in [3.05, 3.63) is 28.2 Å². The third-order valence-electron chi connectivity index (χ3n) is 3.29. The van der Waals surface area contributed by atoms with Crippen LogP contribution in [0.5, 0.6) is 5.75 Å². The first kappa shape index (κ1) is 12.9. The van der Waals surface area contributed by atoms with Gasteiger partial charge >= 0.3 is 0 Å². The number of nitrogens with one attached hydrogen (secondary N) is 1. The van der Waals surface area contributed by atoms with E-state index in [2.05, 4.69) is 53.3 Å². The summed E-state index contributed by atoms with van der Waals surface area (Å²) < 4.78 is 7.15. The zero-order valence-electron chi connectivity index (χ0n) is 10.5. The Balaban J connectivity index is 2.16. The van der Waals surface area contributed by atoms with E-state index in [-0.39, 0.29) is 0 Å². The van der Waals surface area contributed by atoms with E-state index < -0.39 is 0 Å². The van der Waals surface area contributed by atoms with Gasteiger partial charge in [0.1, 0.15) is 5.75 Å². The van der Waals surface area contributed by atoms with Crippen molar-refractivity contribution in [1.82, 2.24) is 5.32 Å². The van der Waals surface area contributed by atoms with Gasteiger partial charge < -0.3 is 10.1 Å². The van der Waals surface area contributed by atoms with Crippen LogP contribution in [0.3, 0.4) is 0 Å². The molecule has 0 bridgehead atoms. The van der Waals surface area contributed by atoms with Gasteiger partial charge in [-0.3, -0.25) is 0 Å². The Hall–Kier alpha value is -0.540. The van der Waals surface area contributed by atoms with Crippen LogP contribution in [-0.4, -0.2) is 12.6 Å². The fourth-order valence-corrected chi connectivity index (χ4v) is 2.43. The number of benzene rings is 1. The summed E-state index contributed by atoms with van der Waals surface area (Å²) in [5.41, 5.74) is 1.24. The fraction of sp³-hybridized carbons (Fsp3) is 0.571. The van der Waals surface area contributed by atoms with Gasteiger partial charge in [0.25, 0.3) is 0 Å². The maximum atomic E-state index is 6.04. The van der Waals surface area contributed by atoms with E-state index in [9.17, 15) is 0 Å². The highest BCUT2D eigenvalue weighted by atomic mass is 79.9. The van der Waals surface area contributed by atoms with Gasteiger partial charge in [-0.1, -0.05) is 22.9 Å². The van der Waals surface area contributed by atoms with Crippen molar-refractivity contribution in [2.24, 2.45) is 0 Å². The molecule has 94 valence electrons. The molecule has 0 spiro atoms. The van der Waals surface area contributed by atoms with Crippen molar-refractivity contribution in [1.29, 1.82) is 0 Å². The highest BCUT2D eigenvalue weighted by Gasteiger charge is 2.21. The second kappa shape index (κ2) is 5.87. The molecule has 2 nitrogen and oxygen atoms in total. The van der Waals surface area contributed by atoms with Crippen molar-refractivity contribution in [2.45, 2.75) is 45.3 Å². The number of ether oxygens (including phenoxy) is 1. The molecule has 1 saturated carbocycles. The lowest BCUT2D eigenvalue weighted by Gasteiger charge is -2.28. The number of hydrogen-bond donors (Lipinski definition) is 1. The smallest absolute Gasteiger partial charge is 0.124 e. The van der Waals surface area contributed by atoms with E-state index in [0.29, 0.717) is 12.1 Å². The lowest BCUT2D eigenvalue weighted by atomic mass is 9.96. The Morgan fingerprint density at radius 2 is 2.24 bits per heavy atom. The molecule has 1 aromatic rings. The van der Waals surface area contributed by atoms with E-state index in [4.69, 9.17) is 4.74 Å². The predicted molar refractivity (Wildman–Crippen MR) is 74.5 cm³/mol. The fourth-order valence-electron chi connectivity index (χ4n) is 2.05. The number of halogens is 1. The van der Waals surface area contributed by atoms with Crippen LogP contribution in [0.15, 0.2) is 22.7 Å². The summed E-state index contributed by atoms with van der Waals surface area (Å²) in [6, 6.07) is 6.61. The summed E-state index contributed by atoms with van der Waals surface area (Å²) in [6.45, 7) is 5.27. The molecule has 3 heteroatoms. The molecule has 0 amide bonds. The molecule has 1 aliphatic carbocycles. The second-order valence-electron chi connectivity index (χ2n) is 4.63. The topological polar surface area (TPSA) is 21.3 Å². The molecule has 1 fully saturated rings. The first-order valence-electron chi connectivity index (χ1n) is 6.40. The Kier molecular flexibility index (Phi) is 4.46.